The first-order chi connectivity index (χ1) is 10.3. The molecule has 0 saturated carbocycles. The maximum absolute atomic E-state index is 3.52. The highest BCUT2D eigenvalue weighted by molar-refractivity contribution is 5.72. The summed E-state index contributed by atoms with van der Waals surface area (Å²) in [6.07, 6.45) is 3.68. The van der Waals surface area contributed by atoms with Crippen LogP contribution in [0.4, 0.5) is 11.4 Å². The monoisotopic (exact) mass is 280 g/mol. The van der Waals surface area contributed by atoms with Gasteiger partial charge in [0.25, 0.3) is 0 Å². The molecule has 1 aliphatic rings. The Morgan fingerprint density at radius 3 is 2.62 bits per heavy atom. The molecule has 3 rings (SSSR count). The summed E-state index contributed by atoms with van der Waals surface area (Å²) in [5, 5.41) is 3.52. The largest absolute Gasteiger partial charge is 0.381 e. The van der Waals surface area contributed by atoms with Crippen LogP contribution in [0.5, 0.6) is 0 Å². The molecule has 0 bridgehead atoms. The van der Waals surface area contributed by atoms with Crippen molar-refractivity contribution in [1.82, 2.24) is 0 Å². The summed E-state index contributed by atoms with van der Waals surface area (Å²) in [7, 11) is 0. The molecule has 1 N–H and O–H groups in total. The number of rotatable bonds is 5. The smallest absolute Gasteiger partial charge is 0.0605 e. The highest BCUT2D eigenvalue weighted by atomic mass is 15.2. The van der Waals surface area contributed by atoms with E-state index in [0.717, 1.165) is 13.1 Å². The minimum absolute atomic E-state index is 0.566. The summed E-state index contributed by atoms with van der Waals surface area (Å²) in [5.41, 5.74) is 4.08. The van der Waals surface area contributed by atoms with Gasteiger partial charge in [-0.1, -0.05) is 42.5 Å². The van der Waals surface area contributed by atoms with Crippen molar-refractivity contribution in [3.63, 3.8) is 0 Å². The van der Waals surface area contributed by atoms with Gasteiger partial charge in [0, 0.05) is 19.1 Å². The van der Waals surface area contributed by atoms with E-state index < -0.39 is 0 Å². The first-order valence-electron chi connectivity index (χ1n) is 7.98. The van der Waals surface area contributed by atoms with E-state index >= 15 is 0 Å². The molecule has 2 aromatic carbocycles. The molecular weight excluding hydrogens is 256 g/mol. The number of unbranched alkanes of at least 4 members (excludes halogenated alkanes) is 1. The fraction of sp³-hybridized carbons (Fsp3) is 0.368. The predicted octanol–water partition coefficient (Wildman–Crippen LogP) is 4.33. The van der Waals surface area contributed by atoms with E-state index in [4.69, 9.17) is 0 Å². The summed E-state index contributed by atoms with van der Waals surface area (Å²) in [5.74, 6) is 0. The zero-order valence-electron chi connectivity index (χ0n) is 12.8. The first-order valence-corrected chi connectivity index (χ1v) is 7.98. The zero-order chi connectivity index (χ0) is 14.5. The first kappa shape index (κ1) is 14.0. The third kappa shape index (κ3) is 3.38. The SMILES string of the molecule is CC1CNc2ccccc2N1CCCCc1ccccc1. The Labute approximate surface area is 127 Å². The maximum atomic E-state index is 3.52. The molecule has 0 spiro atoms. The second kappa shape index (κ2) is 6.66. The van der Waals surface area contributed by atoms with Crippen LogP contribution in [0.25, 0.3) is 0 Å². The number of hydrogen-bond donors (Lipinski definition) is 1. The van der Waals surface area contributed by atoms with Crippen molar-refractivity contribution in [2.75, 3.05) is 23.3 Å². The lowest BCUT2D eigenvalue weighted by Crippen LogP contribution is -2.42. The number of benzene rings is 2. The van der Waals surface area contributed by atoms with Gasteiger partial charge in [0.15, 0.2) is 0 Å². The van der Waals surface area contributed by atoms with E-state index in [1.807, 2.05) is 0 Å². The molecule has 1 aliphatic heterocycles. The number of para-hydroxylation sites is 2. The lowest BCUT2D eigenvalue weighted by molar-refractivity contribution is 0.606. The molecule has 1 unspecified atom stereocenters. The second-order valence-electron chi connectivity index (χ2n) is 5.88. The fourth-order valence-electron chi connectivity index (χ4n) is 3.08. The summed E-state index contributed by atoms with van der Waals surface area (Å²) in [6, 6.07) is 20.0. The molecule has 2 aromatic rings. The molecular formula is C19H24N2. The second-order valence-corrected chi connectivity index (χ2v) is 5.88. The van der Waals surface area contributed by atoms with Gasteiger partial charge in [-0.15, -0.1) is 0 Å². The van der Waals surface area contributed by atoms with Crippen molar-refractivity contribution in [1.29, 1.82) is 0 Å². The van der Waals surface area contributed by atoms with Gasteiger partial charge in [-0.3, -0.25) is 0 Å². The van der Waals surface area contributed by atoms with E-state index in [1.54, 1.807) is 0 Å². The third-order valence-corrected chi connectivity index (χ3v) is 4.29. The van der Waals surface area contributed by atoms with Gasteiger partial charge in [-0.05, 0) is 43.9 Å². The quantitative estimate of drug-likeness (QED) is 0.820. The topological polar surface area (TPSA) is 15.3 Å². The molecule has 0 radical (unpaired) electrons. The normalized spacial score (nSPS) is 17.2. The Kier molecular flexibility index (Phi) is 4.44. The maximum Gasteiger partial charge on any atom is 0.0605 e. The van der Waals surface area contributed by atoms with Gasteiger partial charge in [0.05, 0.1) is 11.4 Å². The number of hydrogen-bond acceptors (Lipinski definition) is 2. The Hall–Kier alpha value is -1.96. The number of aryl methyl sites for hydroxylation is 1. The Morgan fingerprint density at radius 1 is 1.00 bits per heavy atom. The van der Waals surface area contributed by atoms with Crippen molar-refractivity contribution < 1.29 is 0 Å². The molecule has 1 heterocycles. The number of nitrogens with zero attached hydrogens (tertiary/aromatic N) is 1. The van der Waals surface area contributed by atoms with Gasteiger partial charge in [-0.2, -0.15) is 0 Å². The Balaban J connectivity index is 1.55. The van der Waals surface area contributed by atoms with Crippen LogP contribution in [0.2, 0.25) is 0 Å². The predicted molar refractivity (Wildman–Crippen MR) is 91.1 cm³/mol. The molecule has 2 heteroatoms. The van der Waals surface area contributed by atoms with E-state index in [2.05, 4.69) is 71.7 Å². The average Bonchev–Trinajstić information content (AvgIpc) is 2.54. The standard InChI is InChI=1S/C19H24N2/c1-16-15-20-18-12-5-6-13-19(18)21(16)14-8-7-11-17-9-3-2-4-10-17/h2-6,9-10,12-13,16,20H,7-8,11,14-15H2,1H3. The summed E-state index contributed by atoms with van der Waals surface area (Å²) >= 11 is 0. The molecule has 0 fully saturated rings. The minimum Gasteiger partial charge on any atom is -0.381 e. The van der Waals surface area contributed by atoms with Crippen LogP contribution in [0, 0.1) is 0 Å². The van der Waals surface area contributed by atoms with Crippen LogP contribution < -0.4 is 10.2 Å². The molecule has 2 nitrogen and oxygen atoms in total. The molecule has 0 aromatic heterocycles. The number of fused-ring (bicyclic) bond motifs is 1. The van der Waals surface area contributed by atoms with Crippen molar-refractivity contribution in [2.45, 2.75) is 32.2 Å². The van der Waals surface area contributed by atoms with Crippen LogP contribution in [0.15, 0.2) is 54.6 Å². The van der Waals surface area contributed by atoms with Crippen LogP contribution >= 0.6 is 0 Å². The molecule has 110 valence electrons. The van der Waals surface area contributed by atoms with Gasteiger partial charge in [0.1, 0.15) is 0 Å². The van der Waals surface area contributed by atoms with Crippen LogP contribution in [-0.4, -0.2) is 19.1 Å². The summed E-state index contributed by atoms with van der Waals surface area (Å²) in [6.45, 7) is 4.49. The fourth-order valence-corrected chi connectivity index (χ4v) is 3.08. The summed E-state index contributed by atoms with van der Waals surface area (Å²) in [4.78, 5) is 2.55. The van der Waals surface area contributed by atoms with Crippen molar-refractivity contribution >= 4 is 11.4 Å². The molecule has 0 saturated heterocycles. The molecule has 0 amide bonds. The van der Waals surface area contributed by atoms with E-state index in [9.17, 15) is 0 Å². The summed E-state index contributed by atoms with van der Waals surface area (Å²) < 4.78 is 0. The van der Waals surface area contributed by atoms with Crippen LogP contribution in [-0.2, 0) is 6.42 Å². The van der Waals surface area contributed by atoms with E-state index in [0.29, 0.717) is 6.04 Å². The zero-order valence-corrected chi connectivity index (χ0v) is 12.8. The van der Waals surface area contributed by atoms with Gasteiger partial charge >= 0.3 is 0 Å². The Morgan fingerprint density at radius 2 is 1.76 bits per heavy atom. The average molecular weight is 280 g/mol. The van der Waals surface area contributed by atoms with Crippen molar-refractivity contribution in [3.05, 3.63) is 60.2 Å². The highest BCUT2D eigenvalue weighted by Crippen LogP contribution is 2.31. The Bertz CT molecular complexity index is 565. The molecule has 1 atom stereocenters. The lowest BCUT2D eigenvalue weighted by Gasteiger charge is -2.37. The van der Waals surface area contributed by atoms with Crippen molar-refractivity contribution in [3.8, 4) is 0 Å². The highest BCUT2D eigenvalue weighted by Gasteiger charge is 2.21. The number of nitrogens with one attached hydrogen (secondary N) is 1. The molecule has 21 heavy (non-hydrogen) atoms. The third-order valence-electron chi connectivity index (χ3n) is 4.29. The van der Waals surface area contributed by atoms with Crippen LogP contribution in [0.3, 0.4) is 0 Å². The van der Waals surface area contributed by atoms with Gasteiger partial charge in [-0.25, -0.2) is 0 Å². The van der Waals surface area contributed by atoms with E-state index in [1.165, 1.54) is 36.2 Å². The van der Waals surface area contributed by atoms with Crippen LogP contribution in [0.1, 0.15) is 25.3 Å². The lowest BCUT2D eigenvalue weighted by atomic mass is 10.1. The van der Waals surface area contributed by atoms with E-state index in [-0.39, 0.29) is 0 Å². The molecule has 0 aliphatic carbocycles. The minimum atomic E-state index is 0.566. The van der Waals surface area contributed by atoms with Crippen molar-refractivity contribution in [2.24, 2.45) is 0 Å². The van der Waals surface area contributed by atoms with Gasteiger partial charge < -0.3 is 10.2 Å². The van der Waals surface area contributed by atoms with Gasteiger partial charge in [0.2, 0.25) is 0 Å². The number of anilines is 2.